The zero-order valence-corrected chi connectivity index (χ0v) is 21.1. The zero-order valence-electron chi connectivity index (χ0n) is 21.1. The molecule has 3 atom stereocenters. The molecule has 0 bridgehead atoms. The molecule has 190 valence electrons. The number of carbonyl (C=O) groups excluding carboxylic acids is 2. The van der Waals surface area contributed by atoms with Crippen LogP contribution in [0.2, 0.25) is 0 Å². The molecule has 1 saturated carbocycles. The fourth-order valence-electron chi connectivity index (χ4n) is 4.79. The molecule has 35 heavy (non-hydrogen) atoms. The number of amides is 2. The lowest BCUT2D eigenvalue weighted by atomic mass is 9.83. The molecule has 1 aromatic heterocycles. The Morgan fingerprint density at radius 1 is 1.17 bits per heavy atom. The van der Waals surface area contributed by atoms with E-state index in [1.807, 2.05) is 48.7 Å². The van der Waals surface area contributed by atoms with Gasteiger partial charge in [-0.3, -0.25) is 9.59 Å². The maximum Gasteiger partial charge on any atom is 0.268 e. The normalized spacial score (nSPS) is 18.8. The smallest absolute Gasteiger partial charge is 0.268 e. The summed E-state index contributed by atoms with van der Waals surface area (Å²) in [4.78, 5) is 26.5. The summed E-state index contributed by atoms with van der Waals surface area (Å²) in [7, 11) is 1.63. The largest absolute Gasteiger partial charge is 0.382 e. The predicted octanol–water partition coefficient (Wildman–Crippen LogP) is 3.65. The number of aromatic nitrogens is 1. The highest BCUT2D eigenvalue weighted by molar-refractivity contribution is 5.99. The SMILES string of the molecule is COCCOCCn1c(C(=O)N[C@H]2CCCC[C@H]2C(=O)N[C@H](C#N)CC(C)C)cc2ccccc21. The molecule has 1 aliphatic rings. The Labute approximate surface area is 208 Å². The molecular weight excluding hydrogens is 444 g/mol. The van der Waals surface area contributed by atoms with E-state index in [2.05, 4.69) is 16.7 Å². The van der Waals surface area contributed by atoms with Gasteiger partial charge in [-0.15, -0.1) is 0 Å². The number of fused-ring (bicyclic) bond motifs is 1. The van der Waals surface area contributed by atoms with E-state index < -0.39 is 6.04 Å². The quantitative estimate of drug-likeness (QED) is 0.449. The van der Waals surface area contributed by atoms with E-state index in [1.165, 1.54) is 0 Å². The summed E-state index contributed by atoms with van der Waals surface area (Å²) in [5, 5.41) is 16.5. The molecule has 3 rings (SSSR count). The van der Waals surface area contributed by atoms with Gasteiger partial charge in [-0.1, -0.05) is 44.9 Å². The van der Waals surface area contributed by atoms with Gasteiger partial charge >= 0.3 is 0 Å². The number of nitrogens with one attached hydrogen (secondary N) is 2. The molecule has 8 heteroatoms. The Balaban J connectivity index is 1.73. The van der Waals surface area contributed by atoms with E-state index >= 15 is 0 Å². The van der Waals surface area contributed by atoms with Crippen molar-refractivity contribution in [2.75, 3.05) is 26.9 Å². The average molecular weight is 483 g/mol. The molecule has 2 N–H and O–H groups in total. The third-order valence-corrected chi connectivity index (χ3v) is 6.53. The number of nitrogens with zero attached hydrogens (tertiary/aromatic N) is 2. The molecule has 2 aromatic rings. The molecule has 1 fully saturated rings. The minimum absolute atomic E-state index is 0.144. The van der Waals surface area contributed by atoms with Crippen molar-refractivity contribution in [3.8, 4) is 6.07 Å². The van der Waals surface area contributed by atoms with E-state index in [9.17, 15) is 14.9 Å². The monoisotopic (exact) mass is 482 g/mol. The van der Waals surface area contributed by atoms with Crippen molar-refractivity contribution in [3.63, 3.8) is 0 Å². The second-order valence-corrected chi connectivity index (χ2v) is 9.64. The fourth-order valence-corrected chi connectivity index (χ4v) is 4.79. The summed E-state index contributed by atoms with van der Waals surface area (Å²) in [5.41, 5.74) is 1.53. The Bertz CT molecular complexity index is 1030. The Kier molecular flexibility index (Phi) is 10.1. The van der Waals surface area contributed by atoms with Crippen LogP contribution in [0.25, 0.3) is 10.9 Å². The van der Waals surface area contributed by atoms with Gasteiger partial charge in [0, 0.05) is 30.6 Å². The van der Waals surface area contributed by atoms with Gasteiger partial charge in [-0.2, -0.15) is 5.26 Å². The number of hydrogen-bond donors (Lipinski definition) is 2. The molecule has 0 radical (unpaired) electrons. The van der Waals surface area contributed by atoms with Crippen molar-refractivity contribution in [1.82, 2.24) is 15.2 Å². The van der Waals surface area contributed by atoms with Gasteiger partial charge in [0.05, 0.1) is 31.8 Å². The number of carbonyl (C=O) groups is 2. The van der Waals surface area contributed by atoms with Crippen molar-refractivity contribution in [3.05, 3.63) is 36.0 Å². The van der Waals surface area contributed by atoms with E-state index in [4.69, 9.17) is 9.47 Å². The third-order valence-electron chi connectivity index (χ3n) is 6.53. The van der Waals surface area contributed by atoms with E-state index in [1.54, 1.807) is 7.11 Å². The van der Waals surface area contributed by atoms with Crippen LogP contribution >= 0.6 is 0 Å². The summed E-state index contributed by atoms with van der Waals surface area (Å²) in [6.45, 7) is 6.07. The highest BCUT2D eigenvalue weighted by Gasteiger charge is 2.33. The van der Waals surface area contributed by atoms with Crippen molar-refractivity contribution in [2.24, 2.45) is 11.8 Å². The van der Waals surface area contributed by atoms with Crippen molar-refractivity contribution in [1.29, 1.82) is 5.26 Å². The first-order valence-electron chi connectivity index (χ1n) is 12.6. The first-order chi connectivity index (χ1) is 16.9. The molecule has 0 aliphatic heterocycles. The van der Waals surface area contributed by atoms with Crippen LogP contribution < -0.4 is 10.6 Å². The summed E-state index contributed by atoms with van der Waals surface area (Å²) in [6.07, 6.45) is 3.95. The third kappa shape index (κ3) is 7.30. The maximum atomic E-state index is 13.5. The summed E-state index contributed by atoms with van der Waals surface area (Å²) in [5.74, 6) is -0.371. The van der Waals surface area contributed by atoms with Crippen molar-refractivity contribution >= 4 is 22.7 Å². The van der Waals surface area contributed by atoms with Gasteiger partial charge in [-0.25, -0.2) is 0 Å². The van der Waals surface area contributed by atoms with Gasteiger partial charge in [-0.05, 0) is 37.3 Å². The molecule has 1 aromatic carbocycles. The second-order valence-electron chi connectivity index (χ2n) is 9.64. The number of methoxy groups -OCH3 is 1. The standard InChI is InChI=1S/C27H38N4O4/c1-19(2)16-21(18-28)29-26(32)22-9-5-6-10-23(22)30-27(33)25-17-20-8-4-7-11-24(20)31(25)12-13-35-15-14-34-3/h4,7-8,11,17,19,21-23H,5-6,9-10,12-16H2,1-3H3,(H,29,32)(H,30,33)/t21-,22+,23-/m0/s1. The molecule has 8 nitrogen and oxygen atoms in total. The van der Waals surface area contributed by atoms with E-state index in [0.29, 0.717) is 50.8 Å². The Morgan fingerprint density at radius 3 is 2.69 bits per heavy atom. The first kappa shape index (κ1) is 26.7. The second kappa shape index (κ2) is 13.3. The van der Waals surface area contributed by atoms with Gasteiger partial charge in [0.2, 0.25) is 5.91 Å². The number of para-hydroxylation sites is 1. The van der Waals surface area contributed by atoms with Crippen LogP contribution in [0.15, 0.2) is 30.3 Å². The summed E-state index contributed by atoms with van der Waals surface area (Å²) < 4.78 is 12.7. The highest BCUT2D eigenvalue weighted by Crippen LogP contribution is 2.26. The minimum Gasteiger partial charge on any atom is -0.382 e. The van der Waals surface area contributed by atoms with Gasteiger partial charge in [0.1, 0.15) is 11.7 Å². The molecule has 0 unspecified atom stereocenters. The van der Waals surface area contributed by atoms with Crippen LogP contribution in [-0.4, -0.2) is 55.4 Å². The molecule has 0 spiro atoms. The number of hydrogen-bond acceptors (Lipinski definition) is 5. The first-order valence-corrected chi connectivity index (χ1v) is 12.6. The lowest BCUT2D eigenvalue weighted by molar-refractivity contribution is -0.127. The fraction of sp³-hybridized carbons (Fsp3) is 0.593. The van der Waals surface area contributed by atoms with Crippen LogP contribution in [0, 0.1) is 23.2 Å². The summed E-state index contributed by atoms with van der Waals surface area (Å²) >= 11 is 0. The lowest BCUT2D eigenvalue weighted by Crippen LogP contribution is -2.50. The average Bonchev–Trinajstić information content (AvgIpc) is 3.22. The predicted molar refractivity (Wildman–Crippen MR) is 135 cm³/mol. The Hall–Kier alpha value is -2.89. The number of benzene rings is 1. The van der Waals surface area contributed by atoms with Gasteiger partial charge in [0.25, 0.3) is 5.91 Å². The topological polar surface area (TPSA) is 105 Å². The maximum absolute atomic E-state index is 13.5. The number of rotatable bonds is 12. The van der Waals surface area contributed by atoms with Crippen molar-refractivity contribution in [2.45, 2.75) is 64.6 Å². The highest BCUT2D eigenvalue weighted by atomic mass is 16.5. The molecule has 0 saturated heterocycles. The van der Waals surface area contributed by atoms with Gasteiger partial charge in [0.15, 0.2) is 0 Å². The zero-order chi connectivity index (χ0) is 25.2. The lowest BCUT2D eigenvalue weighted by Gasteiger charge is -2.32. The molecule has 2 amide bonds. The van der Waals surface area contributed by atoms with Crippen LogP contribution in [-0.2, 0) is 20.8 Å². The van der Waals surface area contributed by atoms with Crippen LogP contribution in [0.4, 0.5) is 0 Å². The molecule has 1 heterocycles. The van der Waals surface area contributed by atoms with Crippen LogP contribution in [0.3, 0.4) is 0 Å². The van der Waals surface area contributed by atoms with Crippen LogP contribution in [0.5, 0.6) is 0 Å². The molecular formula is C27H38N4O4. The summed E-state index contributed by atoms with van der Waals surface area (Å²) in [6, 6.07) is 11.2. The van der Waals surface area contributed by atoms with Crippen molar-refractivity contribution < 1.29 is 19.1 Å². The van der Waals surface area contributed by atoms with Gasteiger partial charge < -0.3 is 24.7 Å². The number of ether oxygens (including phenoxy) is 2. The van der Waals surface area contributed by atoms with E-state index in [0.717, 1.165) is 30.2 Å². The number of nitriles is 1. The van der Waals surface area contributed by atoms with E-state index in [-0.39, 0.29) is 23.8 Å². The molecule has 1 aliphatic carbocycles. The van der Waals surface area contributed by atoms with Crippen LogP contribution in [0.1, 0.15) is 56.4 Å². The minimum atomic E-state index is -0.513. The Morgan fingerprint density at radius 2 is 1.94 bits per heavy atom.